The van der Waals surface area contributed by atoms with Crippen molar-refractivity contribution in [2.45, 2.75) is 16.1 Å². The first-order valence-corrected chi connectivity index (χ1v) is 8.37. The van der Waals surface area contributed by atoms with Crippen molar-refractivity contribution in [3.05, 3.63) is 18.5 Å². The number of alkyl halides is 2. The third-order valence-electron chi connectivity index (χ3n) is 4.74. The van der Waals surface area contributed by atoms with Crippen LogP contribution in [0.5, 0.6) is 0 Å². The molecule has 3 fully saturated rings. The minimum atomic E-state index is -0.213. The van der Waals surface area contributed by atoms with Gasteiger partial charge in [-0.15, -0.1) is 0 Å². The molecule has 2 heterocycles. The van der Waals surface area contributed by atoms with E-state index in [9.17, 15) is 9.59 Å². The Bertz CT molecular complexity index is 565. The molecule has 0 radical (unpaired) electrons. The Morgan fingerprint density at radius 3 is 2.00 bits per heavy atom. The zero-order valence-corrected chi connectivity index (χ0v) is 13.5. The molecule has 3 aliphatic rings. The van der Waals surface area contributed by atoms with Gasteiger partial charge in [0, 0.05) is 22.0 Å². The summed E-state index contributed by atoms with van der Waals surface area (Å²) in [6, 6.07) is 1.67. The van der Waals surface area contributed by atoms with Gasteiger partial charge in [-0.05, 0) is 24.3 Å². The van der Waals surface area contributed by atoms with Crippen molar-refractivity contribution < 1.29 is 9.59 Å². The molecule has 1 aromatic heterocycles. The zero-order chi connectivity index (χ0) is 14.0. The van der Waals surface area contributed by atoms with Gasteiger partial charge in [-0.25, -0.2) is 14.9 Å². The van der Waals surface area contributed by atoms with Crippen molar-refractivity contribution in [3.63, 3.8) is 0 Å². The Hall–Kier alpha value is -0.820. The first-order chi connectivity index (χ1) is 9.61. The van der Waals surface area contributed by atoms with Crippen molar-refractivity contribution >= 4 is 49.6 Å². The molecule has 2 bridgehead atoms. The Morgan fingerprint density at radius 1 is 1.00 bits per heavy atom. The van der Waals surface area contributed by atoms with Crippen LogP contribution in [0, 0.1) is 23.7 Å². The molecule has 2 amide bonds. The van der Waals surface area contributed by atoms with Gasteiger partial charge in [-0.1, -0.05) is 31.9 Å². The van der Waals surface area contributed by atoms with Gasteiger partial charge >= 0.3 is 0 Å². The molecule has 7 heteroatoms. The van der Waals surface area contributed by atoms with Crippen LogP contribution in [0.25, 0.3) is 0 Å². The lowest BCUT2D eigenvalue weighted by Gasteiger charge is -2.28. The van der Waals surface area contributed by atoms with Gasteiger partial charge in [0.15, 0.2) is 0 Å². The Labute approximate surface area is 132 Å². The van der Waals surface area contributed by atoms with E-state index in [0.29, 0.717) is 0 Å². The number of carbonyl (C=O) groups excluding carboxylic acids is 2. The predicted octanol–water partition coefficient (Wildman–Crippen LogP) is 1.76. The summed E-state index contributed by atoms with van der Waals surface area (Å²) in [5.74, 6) is -0.0540. The number of amides is 2. The van der Waals surface area contributed by atoms with E-state index >= 15 is 0 Å². The fourth-order valence-corrected chi connectivity index (χ4v) is 5.83. The predicted molar refractivity (Wildman–Crippen MR) is 78.5 cm³/mol. The smallest absolute Gasteiger partial charge is 0.240 e. The minimum absolute atomic E-state index is 0.137. The Balaban J connectivity index is 1.75. The van der Waals surface area contributed by atoms with Crippen LogP contribution in [0.4, 0.5) is 5.95 Å². The van der Waals surface area contributed by atoms with Crippen LogP contribution in [-0.2, 0) is 9.59 Å². The van der Waals surface area contributed by atoms with Crippen LogP contribution in [-0.4, -0.2) is 31.4 Å². The monoisotopic (exact) mass is 399 g/mol. The highest BCUT2D eigenvalue weighted by Gasteiger charge is 2.66. The SMILES string of the molecule is O=C1[C@@H]2[C@H]3C[C@@H]([C@H](Br)[C@H]3Br)[C@H]2C(=O)N1c1ncccn1. The van der Waals surface area contributed by atoms with Gasteiger partial charge < -0.3 is 0 Å². The van der Waals surface area contributed by atoms with E-state index in [1.807, 2.05) is 0 Å². The van der Waals surface area contributed by atoms with E-state index in [4.69, 9.17) is 0 Å². The minimum Gasteiger partial charge on any atom is -0.274 e. The van der Waals surface area contributed by atoms with Gasteiger partial charge in [0.05, 0.1) is 11.8 Å². The first kappa shape index (κ1) is 12.9. The fourth-order valence-electron chi connectivity index (χ4n) is 3.95. The van der Waals surface area contributed by atoms with E-state index in [0.717, 1.165) is 6.42 Å². The Kier molecular flexibility index (Phi) is 2.79. The molecule has 1 saturated heterocycles. The van der Waals surface area contributed by atoms with E-state index in [-0.39, 0.29) is 51.1 Å². The van der Waals surface area contributed by atoms with E-state index in [2.05, 4.69) is 41.8 Å². The van der Waals surface area contributed by atoms with Crippen LogP contribution < -0.4 is 4.90 Å². The molecule has 1 aromatic rings. The third-order valence-corrected chi connectivity index (χ3v) is 7.95. The maximum atomic E-state index is 12.6. The summed E-state index contributed by atoms with van der Waals surface area (Å²) in [4.78, 5) is 35.0. The number of imide groups is 1. The fraction of sp³-hybridized carbons (Fsp3) is 0.538. The van der Waals surface area contributed by atoms with E-state index in [1.165, 1.54) is 4.90 Å². The van der Waals surface area contributed by atoms with Crippen molar-refractivity contribution in [1.29, 1.82) is 0 Å². The van der Waals surface area contributed by atoms with Gasteiger partial charge in [0.1, 0.15) is 0 Å². The second kappa shape index (κ2) is 4.34. The lowest BCUT2D eigenvalue weighted by molar-refractivity contribution is -0.123. The summed E-state index contributed by atoms with van der Waals surface area (Å²) < 4.78 is 0. The molecule has 1 aliphatic heterocycles. The second-order valence-electron chi connectivity index (χ2n) is 5.56. The number of hydrogen-bond donors (Lipinski definition) is 0. The maximum Gasteiger partial charge on any atom is 0.240 e. The largest absolute Gasteiger partial charge is 0.274 e. The number of aromatic nitrogens is 2. The molecular weight excluding hydrogens is 390 g/mol. The average molecular weight is 401 g/mol. The first-order valence-electron chi connectivity index (χ1n) is 6.54. The van der Waals surface area contributed by atoms with Crippen LogP contribution in [0.15, 0.2) is 18.5 Å². The number of nitrogens with zero attached hydrogens (tertiary/aromatic N) is 3. The molecule has 4 rings (SSSR count). The standard InChI is InChI=1S/C13H11Br2N3O2/c14-9-5-4-6(10(9)15)8-7(5)11(19)18(12(8)20)13-16-2-1-3-17-13/h1-3,5-10H,4H2/t5-,6-,7-,8-,9+,10+/m1/s1. The third kappa shape index (κ3) is 1.48. The molecule has 0 spiro atoms. The van der Waals surface area contributed by atoms with Crippen molar-refractivity contribution in [2.24, 2.45) is 23.7 Å². The maximum absolute atomic E-state index is 12.6. The van der Waals surface area contributed by atoms with E-state index < -0.39 is 0 Å². The summed E-state index contributed by atoms with van der Waals surface area (Å²) in [7, 11) is 0. The molecule has 0 unspecified atom stereocenters. The number of carbonyl (C=O) groups is 2. The van der Waals surface area contributed by atoms with Crippen molar-refractivity contribution in [2.75, 3.05) is 4.90 Å². The summed E-state index contributed by atoms with van der Waals surface area (Å²) in [6.07, 6.45) is 4.03. The summed E-state index contributed by atoms with van der Waals surface area (Å²) in [5, 5.41) is 0. The number of fused-ring (bicyclic) bond motifs is 5. The lowest BCUT2D eigenvalue weighted by atomic mass is 9.81. The number of anilines is 1. The molecule has 2 saturated carbocycles. The highest BCUT2D eigenvalue weighted by molar-refractivity contribution is 9.12. The van der Waals surface area contributed by atoms with Gasteiger partial charge in [-0.2, -0.15) is 0 Å². The lowest BCUT2D eigenvalue weighted by Crippen LogP contribution is -2.37. The molecule has 2 aliphatic carbocycles. The van der Waals surface area contributed by atoms with Crippen LogP contribution in [0.1, 0.15) is 6.42 Å². The van der Waals surface area contributed by atoms with E-state index in [1.54, 1.807) is 18.5 Å². The normalized spacial score (nSPS) is 42.4. The van der Waals surface area contributed by atoms with Crippen molar-refractivity contribution in [1.82, 2.24) is 9.97 Å². The van der Waals surface area contributed by atoms with Gasteiger partial charge in [0.25, 0.3) is 0 Å². The molecular formula is C13H11Br2N3O2. The van der Waals surface area contributed by atoms with Gasteiger partial charge in [0.2, 0.25) is 17.8 Å². The highest BCUT2D eigenvalue weighted by atomic mass is 79.9. The van der Waals surface area contributed by atoms with Crippen LogP contribution in [0.2, 0.25) is 0 Å². The van der Waals surface area contributed by atoms with Crippen molar-refractivity contribution in [3.8, 4) is 0 Å². The topological polar surface area (TPSA) is 63.2 Å². The van der Waals surface area contributed by atoms with Crippen LogP contribution in [0.3, 0.4) is 0 Å². The zero-order valence-electron chi connectivity index (χ0n) is 10.3. The molecule has 0 aromatic carbocycles. The summed E-state index contributed by atoms with van der Waals surface area (Å²) >= 11 is 7.32. The molecule has 6 atom stereocenters. The number of hydrogen-bond acceptors (Lipinski definition) is 4. The summed E-state index contributed by atoms with van der Waals surface area (Å²) in [6.45, 7) is 0. The molecule has 20 heavy (non-hydrogen) atoms. The number of rotatable bonds is 1. The van der Waals surface area contributed by atoms with Gasteiger partial charge in [-0.3, -0.25) is 9.59 Å². The quantitative estimate of drug-likeness (QED) is 0.532. The molecule has 5 nitrogen and oxygen atoms in total. The van der Waals surface area contributed by atoms with Crippen LogP contribution >= 0.6 is 31.9 Å². The molecule has 0 N–H and O–H groups in total. The average Bonchev–Trinajstić information content (AvgIpc) is 3.05. The molecule has 104 valence electrons. The second-order valence-corrected chi connectivity index (χ2v) is 7.68. The Morgan fingerprint density at radius 2 is 1.50 bits per heavy atom. The highest BCUT2D eigenvalue weighted by Crippen LogP contribution is 2.60. The summed E-state index contributed by atoms with van der Waals surface area (Å²) in [5.41, 5.74) is 0. The number of halogens is 2.